The van der Waals surface area contributed by atoms with Gasteiger partial charge in [0.1, 0.15) is 5.82 Å². The van der Waals surface area contributed by atoms with Gasteiger partial charge in [-0.25, -0.2) is 12.8 Å². The fourth-order valence-electron chi connectivity index (χ4n) is 3.30. The molecule has 4 aromatic rings. The fourth-order valence-corrected chi connectivity index (χ4v) is 4.39. The van der Waals surface area contributed by atoms with Gasteiger partial charge < -0.3 is 4.98 Å². The number of hydrogen-bond donors (Lipinski definition) is 2. The first kappa shape index (κ1) is 20.2. The molecule has 30 heavy (non-hydrogen) atoms. The molecule has 0 spiro atoms. The number of rotatable bonds is 4. The Kier molecular flexibility index (Phi) is 4.90. The molecule has 0 saturated carbocycles. The number of aromatic nitrogens is 1. The van der Waals surface area contributed by atoms with Gasteiger partial charge in [0.25, 0.3) is 10.0 Å². The number of anilines is 1. The molecular weight excluding hydrogens is 399 g/mol. The van der Waals surface area contributed by atoms with Crippen LogP contribution in [0.15, 0.2) is 77.7 Å². The van der Waals surface area contributed by atoms with Crippen LogP contribution in [0.25, 0.3) is 22.0 Å². The third-order valence-electron chi connectivity index (χ3n) is 5.00. The van der Waals surface area contributed by atoms with Gasteiger partial charge in [-0.15, -0.1) is 0 Å². The lowest BCUT2D eigenvalue weighted by atomic mass is 9.92. The largest absolute Gasteiger partial charge is 0.358 e. The highest BCUT2D eigenvalue weighted by atomic mass is 32.2. The Morgan fingerprint density at radius 3 is 2.30 bits per heavy atom. The van der Waals surface area contributed by atoms with E-state index < -0.39 is 10.0 Å². The maximum absolute atomic E-state index is 13.2. The van der Waals surface area contributed by atoms with Crippen LogP contribution >= 0.6 is 0 Å². The Morgan fingerprint density at radius 2 is 1.60 bits per heavy atom. The van der Waals surface area contributed by atoms with Crippen molar-refractivity contribution >= 4 is 26.6 Å². The van der Waals surface area contributed by atoms with Gasteiger partial charge in [0, 0.05) is 27.7 Å². The normalized spacial score (nSPS) is 12.3. The number of benzene rings is 3. The van der Waals surface area contributed by atoms with E-state index >= 15 is 0 Å². The van der Waals surface area contributed by atoms with Crippen molar-refractivity contribution in [1.29, 1.82) is 0 Å². The van der Waals surface area contributed by atoms with Crippen molar-refractivity contribution in [2.75, 3.05) is 4.72 Å². The molecule has 2 N–H and O–H groups in total. The molecule has 0 aliphatic rings. The minimum absolute atomic E-state index is 0.0283. The SMILES string of the molecule is CC(C)(C)c1cc2cc(NS(=O)(=O)c3cccc(-c4ccc(F)cc4)c3)ccc2[nH]1. The van der Waals surface area contributed by atoms with Crippen LogP contribution in [0.3, 0.4) is 0 Å². The van der Waals surface area contributed by atoms with Crippen LogP contribution in [0.4, 0.5) is 10.1 Å². The fraction of sp³-hybridized carbons (Fsp3) is 0.167. The summed E-state index contributed by atoms with van der Waals surface area (Å²) < 4.78 is 41.8. The summed E-state index contributed by atoms with van der Waals surface area (Å²) in [4.78, 5) is 3.53. The molecular formula is C24H23FN2O2S. The summed E-state index contributed by atoms with van der Waals surface area (Å²) in [6, 6.07) is 20.0. The highest BCUT2D eigenvalue weighted by Crippen LogP contribution is 2.29. The van der Waals surface area contributed by atoms with Gasteiger partial charge in [-0.3, -0.25) is 4.72 Å². The van der Waals surface area contributed by atoms with Gasteiger partial charge in [0.05, 0.1) is 4.90 Å². The van der Waals surface area contributed by atoms with E-state index in [0.29, 0.717) is 11.3 Å². The topological polar surface area (TPSA) is 62.0 Å². The van der Waals surface area contributed by atoms with Crippen LogP contribution in [-0.2, 0) is 15.4 Å². The van der Waals surface area contributed by atoms with E-state index in [0.717, 1.165) is 22.2 Å². The van der Waals surface area contributed by atoms with Crippen molar-refractivity contribution in [2.45, 2.75) is 31.1 Å². The summed E-state index contributed by atoms with van der Waals surface area (Å²) in [7, 11) is -3.78. The number of sulfonamides is 1. The van der Waals surface area contributed by atoms with Gasteiger partial charge in [0.15, 0.2) is 0 Å². The van der Waals surface area contributed by atoms with Crippen LogP contribution in [0.2, 0.25) is 0 Å². The molecule has 154 valence electrons. The molecule has 6 heteroatoms. The maximum atomic E-state index is 13.2. The summed E-state index contributed by atoms with van der Waals surface area (Å²) in [6.07, 6.45) is 0. The average Bonchev–Trinajstić information content (AvgIpc) is 3.12. The highest BCUT2D eigenvalue weighted by molar-refractivity contribution is 7.92. The van der Waals surface area contributed by atoms with Gasteiger partial charge >= 0.3 is 0 Å². The molecule has 0 amide bonds. The number of hydrogen-bond acceptors (Lipinski definition) is 2. The predicted molar refractivity (Wildman–Crippen MR) is 120 cm³/mol. The molecule has 1 heterocycles. The summed E-state index contributed by atoms with van der Waals surface area (Å²) >= 11 is 0. The zero-order chi connectivity index (χ0) is 21.5. The lowest BCUT2D eigenvalue weighted by Gasteiger charge is -2.15. The second-order valence-electron chi connectivity index (χ2n) is 8.38. The minimum atomic E-state index is -3.78. The van der Waals surface area contributed by atoms with Crippen molar-refractivity contribution in [1.82, 2.24) is 4.98 Å². The van der Waals surface area contributed by atoms with Gasteiger partial charge in [-0.05, 0) is 59.7 Å². The molecule has 0 aliphatic carbocycles. The second-order valence-corrected chi connectivity index (χ2v) is 10.1. The van der Waals surface area contributed by atoms with Crippen molar-refractivity contribution in [2.24, 2.45) is 0 Å². The summed E-state index contributed by atoms with van der Waals surface area (Å²) in [6.45, 7) is 6.36. The standard InChI is InChI=1S/C24H23FN2O2S/c1-24(2,3)23-15-18-13-20(11-12-22(18)26-23)27-30(28,29)21-6-4-5-17(14-21)16-7-9-19(25)10-8-16/h4-15,26-27H,1-3H3. The monoisotopic (exact) mass is 422 g/mol. The number of H-pyrrole nitrogens is 1. The lowest BCUT2D eigenvalue weighted by molar-refractivity contribution is 0.574. The lowest BCUT2D eigenvalue weighted by Crippen LogP contribution is -2.12. The minimum Gasteiger partial charge on any atom is -0.358 e. The number of halogens is 1. The molecule has 4 rings (SSSR count). The van der Waals surface area contributed by atoms with Crippen molar-refractivity contribution in [3.63, 3.8) is 0 Å². The van der Waals surface area contributed by atoms with Crippen LogP contribution < -0.4 is 4.72 Å². The molecule has 0 saturated heterocycles. The third kappa shape index (κ3) is 4.09. The molecule has 0 fully saturated rings. The van der Waals surface area contributed by atoms with E-state index in [9.17, 15) is 12.8 Å². The van der Waals surface area contributed by atoms with E-state index in [1.165, 1.54) is 12.1 Å². The zero-order valence-electron chi connectivity index (χ0n) is 17.0. The number of fused-ring (bicyclic) bond motifs is 1. The smallest absolute Gasteiger partial charge is 0.261 e. The average molecular weight is 423 g/mol. The molecule has 1 aromatic heterocycles. The van der Waals surface area contributed by atoms with E-state index in [1.807, 2.05) is 18.2 Å². The summed E-state index contributed by atoms with van der Waals surface area (Å²) in [5.74, 6) is -0.334. The van der Waals surface area contributed by atoms with E-state index in [2.05, 4.69) is 30.5 Å². The first-order chi connectivity index (χ1) is 14.1. The molecule has 0 aliphatic heterocycles. The summed E-state index contributed by atoms with van der Waals surface area (Å²) in [5, 5.41) is 0.945. The molecule has 0 atom stereocenters. The van der Waals surface area contributed by atoms with Gasteiger partial charge in [-0.2, -0.15) is 0 Å². The van der Waals surface area contributed by atoms with Gasteiger partial charge in [-0.1, -0.05) is 45.0 Å². The predicted octanol–water partition coefficient (Wildman–Crippen LogP) is 6.07. The number of aromatic amines is 1. The van der Waals surface area contributed by atoms with Gasteiger partial charge in [0.2, 0.25) is 0 Å². The van der Waals surface area contributed by atoms with Crippen LogP contribution in [-0.4, -0.2) is 13.4 Å². The molecule has 3 aromatic carbocycles. The Bertz CT molecular complexity index is 1320. The summed E-state index contributed by atoms with van der Waals surface area (Å²) in [5.41, 5.74) is 3.96. The first-order valence-electron chi connectivity index (χ1n) is 9.64. The van der Waals surface area contributed by atoms with E-state index in [4.69, 9.17) is 0 Å². The molecule has 0 unspecified atom stereocenters. The van der Waals surface area contributed by atoms with Crippen LogP contribution in [0.5, 0.6) is 0 Å². The van der Waals surface area contributed by atoms with Crippen molar-refractivity contribution in [3.8, 4) is 11.1 Å². The third-order valence-corrected chi connectivity index (χ3v) is 6.38. The zero-order valence-corrected chi connectivity index (χ0v) is 17.8. The number of nitrogens with one attached hydrogen (secondary N) is 2. The molecule has 4 nitrogen and oxygen atoms in total. The quantitative estimate of drug-likeness (QED) is 0.419. The Hall–Kier alpha value is -3.12. The van der Waals surface area contributed by atoms with Crippen molar-refractivity contribution < 1.29 is 12.8 Å². The Morgan fingerprint density at radius 1 is 0.867 bits per heavy atom. The Balaban J connectivity index is 1.64. The second kappa shape index (κ2) is 7.29. The highest BCUT2D eigenvalue weighted by Gasteiger charge is 2.18. The maximum Gasteiger partial charge on any atom is 0.261 e. The first-order valence-corrected chi connectivity index (χ1v) is 11.1. The Labute approximate surface area is 175 Å². The van der Waals surface area contributed by atoms with Crippen LogP contribution in [0, 0.1) is 5.82 Å². The van der Waals surface area contributed by atoms with Crippen molar-refractivity contribution in [3.05, 3.63) is 84.3 Å². The van der Waals surface area contributed by atoms with E-state index in [-0.39, 0.29) is 16.1 Å². The molecule has 0 radical (unpaired) electrons. The van der Waals surface area contributed by atoms with E-state index in [1.54, 1.807) is 42.5 Å². The van der Waals surface area contributed by atoms with Crippen LogP contribution in [0.1, 0.15) is 26.5 Å². The molecule has 0 bridgehead atoms.